The number of aliphatic hydroxyl groups is 1. The lowest BCUT2D eigenvalue weighted by atomic mass is 10.1. The SMILES string of the molecule is O=c1[nH]cnc2cc(NCC(O)c3ccccc3F)c([N+](=O)[O-])cc12. The van der Waals surface area contributed by atoms with Crippen LogP contribution in [0.25, 0.3) is 10.9 Å². The largest absolute Gasteiger partial charge is 0.386 e. The van der Waals surface area contributed by atoms with Gasteiger partial charge in [-0.1, -0.05) is 18.2 Å². The Hall–Kier alpha value is -3.33. The molecule has 3 N–H and O–H groups in total. The molecule has 1 aromatic heterocycles. The van der Waals surface area contributed by atoms with Crippen LogP contribution in [-0.2, 0) is 0 Å². The summed E-state index contributed by atoms with van der Waals surface area (Å²) < 4.78 is 13.7. The van der Waals surface area contributed by atoms with Gasteiger partial charge in [0.2, 0.25) is 0 Å². The summed E-state index contributed by atoms with van der Waals surface area (Å²) >= 11 is 0. The van der Waals surface area contributed by atoms with Crippen LogP contribution in [0.3, 0.4) is 0 Å². The van der Waals surface area contributed by atoms with E-state index in [1.165, 1.54) is 30.6 Å². The van der Waals surface area contributed by atoms with E-state index in [9.17, 15) is 24.4 Å². The van der Waals surface area contributed by atoms with E-state index in [2.05, 4.69) is 15.3 Å². The summed E-state index contributed by atoms with van der Waals surface area (Å²) in [5.41, 5.74) is -0.422. The molecule has 8 nitrogen and oxygen atoms in total. The lowest BCUT2D eigenvalue weighted by Gasteiger charge is -2.14. The number of aromatic nitrogens is 2. The number of benzene rings is 2. The number of hydrogen-bond acceptors (Lipinski definition) is 6. The summed E-state index contributed by atoms with van der Waals surface area (Å²) in [6.45, 7) is -0.156. The molecule has 0 amide bonds. The predicted octanol–water partition coefficient (Wildman–Crippen LogP) is 2.12. The topological polar surface area (TPSA) is 121 Å². The van der Waals surface area contributed by atoms with Crippen LogP contribution < -0.4 is 10.9 Å². The number of hydrogen-bond donors (Lipinski definition) is 3. The number of nitrogens with one attached hydrogen (secondary N) is 2. The normalized spacial score (nSPS) is 12.1. The third-order valence-corrected chi connectivity index (χ3v) is 3.70. The summed E-state index contributed by atoms with van der Waals surface area (Å²) in [7, 11) is 0. The van der Waals surface area contributed by atoms with Crippen LogP contribution in [0.1, 0.15) is 11.7 Å². The first-order valence-corrected chi connectivity index (χ1v) is 7.29. The van der Waals surface area contributed by atoms with E-state index < -0.39 is 22.4 Å². The molecule has 128 valence electrons. The Morgan fingerprint density at radius 1 is 1.36 bits per heavy atom. The third kappa shape index (κ3) is 3.31. The van der Waals surface area contributed by atoms with Gasteiger partial charge in [-0.3, -0.25) is 14.9 Å². The first-order chi connectivity index (χ1) is 12.0. The van der Waals surface area contributed by atoms with Gasteiger partial charge in [-0.2, -0.15) is 0 Å². The van der Waals surface area contributed by atoms with Crippen LogP contribution in [0, 0.1) is 15.9 Å². The number of fused-ring (bicyclic) bond motifs is 1. The summed E-state index contributed by atoms with van der Waals surface area (Å²) in [5.74, 6) is -0.571. The van der Waals surface area contributed by atoms with Gasteiger partial charge < -0.3 is 15.4 Å². The Morgan fingerprint density at radius 2 is 2.12 bits per heavy atom. The van der Waals surface area contributed by atoms with E-state index in [1.54, 1.807) is 6.07 Å². The standard InChI is InChI=1S/C16H13FN4O4/c17-11-4-2-1-3-9(11)15(22)7-18-13-6-12-10(5-14(13)21(24)25)16(23)20-8-19-12/h1-6,8,15,18,22H,7H2,(H,19,20,23). The molecule has 0 radical (unpaired) electrons. The van der Waals surface area contributed by atoms with Crippen molar-refractivity contribution in [3.8, 4) is 0 Å². The lowest BCUT2D eigenvalue weighted by molar-refractivity contribution is -0.383. The Bertz CT molecular complexity index is 1000. The molecular formula is C16H13FN4O4. The van der Waals surface area contributed by atoms with Gasteiger partial charge in [-0.05, 0) is 12.1 Å². The molecule has 3 aromatic rings. The van der Waals surface area contributed by atoms with Crippen LogP contribution >= 0.6 is 0 Å². The molecule has 3 rings (SSSR count). The molecule has 0 aliphatic carbocycles. The van der Waals surface area contributed by atoms with Gasteiger partial charge in [0.1, 0.15) is 11.5 Å². The van der Waals surface area contributed by atoms with Crippen molar-refractivity contribution in [2.75, 3.05) is 11.9 Å². The summed E-state index contributed by atoms with van der Waals surface area (Å²) in [6, 6.07) is 8.17. The molecule has 2 aromatic carbocycles. The maximum Gasteiger partial charge on any atom is 0.293 e. The van der Waals surface area contributed by atoms with Gasteiger partial charge in [0.25, 0.3) is 11.2 Å². The van der Waals surface area contributed by atoms with Crippen molar-refractivity contribution in [3.63, 3.8) is 0 Å². The Balaban J connectivity index is 1.93. The first-order valence-electron chi connectivity index (χ1n) is 7.29. The van der Waals surface area contributed by atoms with Crippen molar-refractivity contribution < 1.29 is 14.4 Å². The van der Waals surface area contributed by atoms with Crippen molar-refractivity contribution in [2.24, 2.45) is 0 Å². The summed E-state index contributed by atoms with van der Waals surface area (Å²) in [5, 5.41) is 24.2. The highest BCUT2D eigenvalue weighted by molar-refractivity contribution is 5.86. The zero-order valence-electron chi connectivity index (χ0n) is 12.8. The van der Waals surface area contributed by atoms with Crippen LogP contribution in [0.4, 0.5) is 15.8 Å². The number of anilines is 1. The number of rotatable bonds is 5. The van der Waals surface area contributed by atoms with Crippen molar-refractivity contribution >= 4 is 22.3 Å². The highest BCUT2D eigenvalue weighted by Crippen LogP contribution is 2.28. The number of H-pyrrole nitrogens is 1. The van der Waals surface area contributed by atoms with Crippen LogP contribution in [0.2, 0.25) is 0 Å². The molecule has 25 heavy (non-hydrogen) atoms. The van der Waals surface area contributed by atoms with Crippen molar-refractivity contribution in [1.29, 1.82) is 0 Å². The summed E-state index contributed by atoms with van der Waals surface area (Å²) in [6.07, 6.45) is -0.0160. The van der Waals surface area contributed by atoms with E-state index in [-0.39, 0.29) is 34.4 Å². The van der Waals surface area contributed by atoms with E-state index >= 15 is 0 Å². The van der Waals surface area contributed by atoms with Gasteiger partial charge >= 0.3 is 0 Å². The molecule has 0 spiro atoms. The Kier molecular flexibility index (Phi) is 4.40. The predicted molar refractivity (Wildman–Crippen MR) is 88.9 cm³/mol. The van der Waals surface area contributed by atoms with Crippen molar-refractivity contribution in [2.45, 2.75) is 6.10 Å². The molecule has 1 heterocycles. The van der Waals surface area contributed by atoms with Gasteiger partial charge in [-0.15, -0.1) is 0 Å². The maximum absolute atomic E-state index is 13.7. The minimum Gasteiger partial charge on any atom is -0.386 e. The fourth-order valence-corrected chi connectivity index (χ4v) is 2.46. The minimum absolute atomic E-state index is 0.0750. The van der Waals surface area contributed by atoms with E-state index in [0.29, 0.717) is 0 Å². The van der Waals surface area contributed by atoms with E-state index in [4.69, 9.17) is 0 Å². The fourth-order valence-electron chi connectivity index (χ4n) is 2.46. The fraction of sp³-hybridized carbons (Fsp3) is 0.125. The molecular weight excluding hydrogens is 331 g/mol. The van der Waals surface area contributed by atoms with Crippen LogP contribution in [0.5, 0.6) is 0 Å². The molecule has 9 heteroatoms. The maximum atomic E-state index is 13.7. The second kappa shape index (κ2) is 6.65. The molecule has 0 aliphatic rings. The average Bonchev–Trinajstić information content (AvgIpc) is 2.59. The molecule has 0 saturated heterocycles. The Morgan fingerprint density at radius 3 is 2.84 bits per heavy atom. The minimum atomic E-state index is -1.20. The molecule has 0 fully saturated rings. The first kappa shape index (κ1) is 16.5. The van der Waals surface area contributed by atoms with Crippen molar-refractivity contribution in [3.05, 3.63) is 74.6 Å². The number of nitrogens with zero attached hydrogens (tertiary/aromatic N) is 2. The third-order valence-electron chi connectivity index (χ3n) is 3.70. The molecule has 0 aliphatic heterocycles. The van der Waals surface area contributed by atoms with Crippen LogP contribution in [-0.4, -0.2) is 26.5 Å². The zero-order chi connectivity index (χ0) is 18.0. The Labute approximate surface area is 140 Å². The number of nitro benzene ring substituents is 1. The van der Waals surface area contributed by atoms with Gasteiger partial charge in [0.05, 0.1) is 28.3 Å². The summed E-state index contributed by atoms with van der Waals surface area (Å²) in [4.78, 5) is 28.6. The molecule has 1 atom stereocenters. The van der Waals surface area contributed by atoms with Gasteiger partial charge in [-0.25, -0.2) is 9.37 Å². The smallest absolute Gasteiger partial charge is 0.293 e. The molecule has 0 saturated carbocycles. The average molecular weight is 344 g/mol. The second-order valence-corrected chi connectivity index (χ2v) is 5.29. The van der Waals surface area contributed by atoms with Crippen molar-refractivity contribution in [1.82, 2.24) is 9.97 Å². The zero-order valence-corrected chi connectivity index (χ0v) is 12.8. The monoisotopic (exact) mass is 344 g/mol. The van der Waals surface area contributed by atoms with E-state index in [1.807, 2.05) is 0 Å². The second-order valence-electron chi connectivity index (χ2n) is 5.29. The number of halogens is 1. The van der Waals surface area contributed by atoms with Gasteiger partial charge in [0.15, 0.2) is 0 Å². The van der Waals surface area contributed by atoms with Gasteiger partial charge in [0, 0.05) is 18.2 Å². The number of nitro groups is 1. The molecule has 1 unspecified atom stereocenters. The van der Waals surface area contributed by atoms with E-state index in [0.717, 1.165) is 6.07 Å². The van der Waals surface area contributed by atoms with Crippen LogP contribution in [0.15, 0.2) is 47.5 Å². The molecule has 0 bridgehead atoms. The quantitative estimate of drug-likeness (QED) is 0.481. The highest BCUT2D eigenvalue weighted by atomic mass is 19.1. The highest BCUT2D eigenvalue weighted by Gasteiger charge is 2.19. The number of aromatic amines is 1. The lowest BCUT2D eigenvalue weighted by Crippen LogP contribution is -2.15. The number of aliphatic hydroxyl groups excluding tert-OH is 1.